The van der Waals surface area contributed by atoms with E-state index in [0.717, 1.165) is 44.9 Å². The minimum atomic E-state index is -0.647. The third-order valence-electron chi connectivity index (χ3n) is 9.66. The van der Waals surface area contributed by atoms with Gasteiger partial charge in [-0.3, -0.25) is 9.59 Å². The van der Waals surface area contributed by atoms with E-state index in [-0.39, 0.29) is 10.8 Å². The lowest BCUT2D eigenvalue weighted by Gasteiger charge is -2.60. The highest BCUT2D eigenvalue weighted by Gasteiger charge is 2.63. The maximum absolute atomic E-state index is 13.1. The fraction of sp³-hybridized carbons (Fsp3) is 0.935. The third kappa shape index (κ3) is 6.58. The maximum Gasteiger partial charge on any atom is 0.165 e. The second-order valence-corrected chi connectivity index (χ2v) is 13.1. The lowest BCUT2D eigenvalue weighted by atomic mass is 9.48. The molecule has 2 aliphatic carbocycles. The highest BCUT2D eigenvalue weighted by atomic mass is 16.5. The zero-order valence-corrected chi connectivity index (χ0v) is 25.1. The van der Waals surface area contributed by atoms with Crippen molar-refractivity contribution in [2.45, 2.75) is 144 Å². The lowest BCUT2D eigenvalue weighted by Crippen LogP contribution is -2.66. The summed E-state index contributed by atoms with van der Waals surface area (Å²) in [6, 6.07) is 0. The van der Waals surface area contributed by atoms with Crippen LogP contribution in [-0.4, -0.2) is 37.0 Å². The number of ether oxygens (including phenoxy) is 2. The van der Waals surface area contributed by atoms with Crippen LogP contribution in [-0.2, 0) is 19.1 Å². The molecule has 0 amide bonds. The van der Waals surface area contributed by atoms with E-state index < -0.39 is 11.2 Å². The first-order valence-corrected chi connectivity index (χ1v) is 14.4. The maximum atomic E-state index is 13.1. The van der Waals surface area contributed by atoms with Crippen LogP contribution in [0.2, 0.25) is 0 Å². The van der Waals surface area contributed by atoms with E-state index in [2.05, 4.69) is 62.3 Å². The predicted molar refractivity (Wildman–Crippen MR) is 147 cm³/mol. The molecule has 0 radical (unpaired) electrons. The molecule has 2 rings (SSSR count). The molecule has 0 aromatic heterocycles. The van der Waals surface area contributed by atoms with Crippen LogP contribution in [0.25, 0.3) is 0 Å². The van der Waals surface area contributed by atoms with Gasteiger partial charge < -0.3 is 9.47 Å². The van der Waals surface area contributed by atoms with Crippen molar-refractivity contribution in [1.29, 1.82) is 0 Å². The van der Waals surface area contributed by atoms with Crippen molar-refractivity contribution < 1.29 is 19.1 Å². The highest BCUT2D eigenvalue weighted by molar-refractivity contribution is 5.89. The molecule has 0 saturated heterocycles. The fourth-order valence-electron chi connectivity index (χ4n) is 7.13. The quantitative estimate of drug-likeness (QED) is 0.287. The molecule has 0 N–H and O–H groups in total. The summed E-state index contributed by atoms with van der Waals surface area (Å²) in [6.45, 7) is 19.6. The normalized spacial score (nSPS) is 32.0. The van der Waals surface area contributed by atoms with E-state index in [1.54, 1.807) is 14.2 Å². The highest BCUT2D eigenvalue weighted by Crippen LogP contribution is 2.58. The summed E-state index contributed by atoms with van der Waals surface area (Å²) in [4.78, 5) is 25.3. The van der Waals surface area contributed by atoms with Crippen LogP contribution in [0.4, 0.5) is 0 Å². The Morgan fingerprint density at radius 2 is 1.49 bits per heavy atom. The van der Waals surface area contributed by atoms with Crippen molar-refractivity contribution in [3.63, 3.8) is 0 Å². The SMILES string of the molecule is CCCCCC(=O)C1(OC)C(C)(C)CCC(C)C1(C)C.COC1(C(=O)CC(C)C)CCCCC1C. The van der Waals surface area contributed by atoms with Gasteiger partial charge in [0.1, 0.15) is 11.2 Å². The van der Waals surface area contributed by atoms with Gasteiger partial charge in [-0.25, -0.2) is 0 Å². The fourth-order valence-corrected chi connectivity index (χ4v) is 7.13. The summed E-state index contributed by atoms with van der Waals surface area (Å²) in [5, 5.41) is 0. The zero-order chi connectivity index (χ0) is 27.1. The summed E-state index contributed by atoms with van der Waals surface area (Å²) in [5.41, 5.74) is -1.33. The van der Waals surface area contributed by atoms with Gasteiger partial charge in [-0.15, -0.1) is 0 Å². The van der Waals surface area contributed by atoms with Crippen LogP contribution >= 0.6 is 0 Å². The average Bonchev–Trinajstić information content (AvgIpc) is 2.77. The number of unbranched alkanes of at least 4 members (excludes halogenated alkanes) is 2. The summed E-state index contributed by atoms with van der Waals surface area (Å²) in [7, 11) is 3.43. The second kappa shape index (κ2) is 13.2. The molecule has 0 aromatic rings. The minimum Gasteiger partial charge on any atom is -0.370 e. The number of hydrogen-bond donors (Lipinski definition) is 0. The largest absolute Gasteiger partial charge is 0.370 e. The monoisotopic (exact) mass is 494 g/mol. The Balaban J connectivity index is 0.000000365. The Morgan fingerprint density at radius 1 is 0.857 bits per heavy atom. The van der Waals surface area contributed by atoms with Crippen molar-refractivity contribution in [3.05, 3.63) is 0 Å². The Labute approximate surface area is 217 Å². The van der Waals surface area contributed by atoms with E-state index in [1.165, 1.54) is 12.8 Å². The van der Waals surface area contributed by atoms with Crippen molar-refractivity contribution in [2.24, 2.45) is 28.6 Å². The molecule has 4 atom stereocenters. The molecule has 0 heterocycles. The molecule has 2 fully saturated rings. The summed E-state index contributed by atoms with van der Waals surface area (Å²) >= 11 is 0. The Kier molecular flexibility index (Phi) is 12.2. The van der Waals surface area contributed by atoms with Gasteiger partial charge in [0, 0.05) is 37.9 Å². The molecule has 4 unspecified atom stereocenters. The topological polar surface area (TPSA) is 52.6 Å². The van der Waals surface area contributed by atoms with Crippen LogP contribution < -0.4 is 0 Å². The lowest BCUT2D eigenvalue weighted by molar-refractivity contribution is -0.213. The first-order chi connectivity index (χ1) is 16.2. The van der Waals surface area contributed by atoms with Crippen molar-refractivity contribution in [2.75, 3.05) is 14.2 Å². The van der Waals surface area contributed by atoms with Crippen LogP contribution in [0, 0.1) is 28.6 Å². The Hall–Kier alpha value is -0.740. The smallest absolute Gasteiger partial charge is 0.165 e. The van der Waals surface area contributed by atoms with Gasteiger partial charge >= 0.3 is 0 Å². The Morgan fingerprint density at radius 3 is 1.97 bits per heavy atom. The van der Waals surface area contributed by atoms with Crippen LogP contribution in [0.3, 0.4) is 0 Å². The van der Waals surface area contributed by atoms with Gasteiger partial charge in [0.05, 0.1) is 0 Å². The molecular formula is C31H58O4. The summed E-state index contributed by atoms with van der Waals surface area (Å²) in [6.07, 6.45) is 11.2. The van der Waals surface area contributed by atoms with Crippen LogP contribution in [0.1, 0.15) is 133 Å². The molecule has 0 aliphatic heterocycles. The standard InChI is InChI=1S/C18H34O2.C13H24O2/c1-8-9-10-11-15(19)18(20-7)16(3,4)13-12-14(2)17(18,5)6;1-10(2)9-12(14)13(15-4)8-6-5-7-11(13)3/h14H,8-13H2,1-7H3;10-11H,5-9H2,1-4H3. The molecular weight excluding hydrogens is 436 g/mol. The van der Waals surface area contributed by atoms with Gasteiger partial charge in [-0.1, -0.05) is 88.0 Å². The molecule has 4 heteroatoms. The first kappa shape index (κ1) is 32.3. The van der Waals surface area contributed by atoms with E-state index in [1.807, 2.05) is 0 Å². The van der Waals surface area contributed by atoms with Crippen molar-refractivity contribution in [3.8, 4) is 0 Å². The summed E-state index contributed by atoms with van der Waals surface area (Å²) in [5.74, 6) is 1.94. The van der Waals surface area contributed by atoms with Crippen LogP contribution in [0.15, 0.2) is 0 Å². The van der Waals surface area contributed by atoms with E-state index in [4.69, 9.17) is 9.47 Å². The van der Waals surface area contributed by atoms with E-state index in [9.17, 15) is 9.59 Å². The number of carbonyl (C=O) groups excluding carboxylic acids is 2. The van der Waals surface area contributed by atoms with Crippen LogP contribution in [0.5, 0.6) is 0 Å². The average molecular weight is 495 g/mol. The molecule has 35 heavy (non-hydrogen) atoms. The molecule has 0 aromatic carbocycles. The van der Waals surface area contributed by atoms with Gasteiger partial charge in [0.25, 0.3) is 0 Å². The van der Waals surface area contributed by atoms with E-state index >= 15 is 0 Å². The molecule has 2 saturated carbocycles. The van der Waals surface area contributed by atoms with Gasteiger partial charge in [-0.05, 0) is 49.9 Å². The molecule has 206 valence electrons. The van der Waals surface area contributed by atoms with Gasteiger partial charge in [0.2, 0.25) is 0 Å². The predicted octanol–water partition coefficient (Wildman–Crippen LogP) is 8.20. The molecule has 0 spiro atoms. The van der Waals surface area contributed by atoms with Crippen molar-refractivity contribution >= 4 is 11.6 Å². The molecule has 4 nitrogen and oxygen atoms in total. The number of carbonyl (C=O) groups is 2. The first-order valence-electron chi connectivity index (χ1n) is 14.4. The van der Waals surface area contributed by atoms with Crippen molar-refractivity contribution in [1.82, 2.24) is 0 Å². The number of ketones is 2. The second-order valence-electron chi connectivity index (χ2n) is 13.1. The Bertz CT molecular complexity index is 679. The third-order valence-corrected chi connectivity index (χ3v) is 9.66. The number of hydrogen-bond acceptors (Lipinski definition) is 4. The van der Waals surface area contributed by atoms with Gasteiger partial charge in [0.15, 0.2) is 11.6 Å². The minimum absolute atomic E-state index is 0.0962. The summed E-state index contributed by atoms with van der Waals surface area (Å²) < 4.78 is 11.6. The number of rotatable bonds is 10. The molecule has 2 aliphatic rings. The van der Waals surface area contributed by atoms with E-state index in [0.29, 0.717) is 42.2 Å². The number of Topliss-reactive ketones (excluding diaryl/α,β-unsaturated/α-hetero) is 2. The number of methoxy groups -OCH3 is 2. The molecule has 0 bridgehead atoms. The van der Waals surface area contributed by atoms with Gasteiger partial charge in [-0.2, -0.15) is 0 Å². The zero-order valence-electron chi connectivity index (χ0n) is 25.1.